The Morgan fingerprint density at radius 1 is 1.44 bits per heavy atom. The molecule has 1 atom stereocenters. The molecule has 1 aromatic carbocycles. The summed E-state index contributed by atoms with van der Waals surface area (Å²) >= 11 is 1.67. The summed E-state index contributed by atoms with van der Waals surface area (Å²) in [7, 11) is 1.33. The lowest BCUT2D eigenvalue weighted by Crippen LogP contribution is -2.15. The highest BCUT2D eigenvalue weighted by atomic mass is 32.2. The van der Waals surface area contributed by atoms with Crippen LogP contribution in [0.25, 0.3) is 0 Å². The smallest absolute Gasteiger partial charge is 0.308 e. The molecule has 0 saturated carbocycles. The second kappa shape index (κ2) is 7.30. The lowest BCUT2D eigenvalue weighted by molar-refractivity contribution is -0.142. The van der Waals surface area contributed by atoms with E-state index in [1.807, 2.05) is 30.3 Å². The molecule has 1 N–H and O–H groups in total. The fraction of sp³-hybridized carbons (Fsp3) is 0.417. The Morgan fingerprint density at radius 2 is 2.12 bits per heavy atom. The fourth-order valence-electron chi connectivity index (χ4n) is 1.21. The number of ether oxygens (including phenoxy) is 1. The zero-order chi connectivity index (χ0) is 11.8. The Labute approximate surface area is 99.8 Å². The molecule has 1 aromatic rings. The number of hydrogen-bond acceptors (Lipinski definition) is 4. The summed E-state index contributed by atoms with van der Waals surface area (Å²) in [6.07, 6.45) is 0.0595. The van der Waals surface area contributed by atoms with Crippen LogP contribution in [-0.2, 0) is 9.53 Å². The summed E-state index contributed by atoms with van der Waals surface area (Å²) in [6.45, 7) is 0. The van der Waals surface area contributed by atoms with Crippen molar-refractivity contribution in [1.29, 1.82) is 0 Å². The molecule has 0 fully saturated rings. The Bertz CT molecular complexity index is 313. The van der Waals surface area contributed by atoms with E-state index in [9.17, 15) is 9.90 Å². The van der Waals surface area contributed by atoms with Gasteiger partial charge in [0.2, 0.25) is 0 Å². The molecule has 0 aliphatic heterocycles. The number of esters is 1. The Kier molecular flexibility index (Phi) is 5.96. The largest absolute Gasteiger partial charge is 0.469 e. The van der Waals surface area contributed by atoms with Gasteiger partial charge in [-0.15, -0.1) is 11.8 Å². The number of methoxy groups -OCH3 is 1. The fourth-order valence-corrected chi connectivity index (χ4v) is 2.18. The Hall–Kier alpha value is -1.00. The molecule has 0 spiro atoms. The topological polar surface area (TPSA) is 46.5 Å². The average Bonchev–Trinajstić information content (AvgIpc) is 2.30. The van der Waals surface area contributed by atoms with Gasteiger partial charge in [0, 0.05) is 10.6 Å². The first-order chi connectivity index (χ1) is 7.72. The van der Waals surface area contributed by atoms with Crippen molar-refractivity contribution >= 4 is 17.7 Å². The van der Waals surface area contributed by atoms with Crippen molar-refractivity contribution in [3.8, 4) is 0 Å². The highest BCUT2D eigenvalue weighted by molar-refractivity contribution is 7.99. The normalized spacial score (nSPS) is 12.1. The van der Waals surface area contributed by atoms with E-state index in [0.29, 0.717) is 6.42 Å². The summed E-state index contributed by atoms with van der Waals surface area (Å²) in [4.78, 5) is 12.0. The summed E-state index contributed by atoms with van der Waals surface area (Å²) in [5.41, 5.74) is 0. The molecule has 1 rings (SSSR count). The molecule has 4 heteroatoms. The molecule has 0 aliphatic carbocycles. The van der Waals surface area contributed by atoms with Gasteiger partial charge in [0.05, 0.1) is 19.6 Å². The summed E-state index contributed by atoms with van der Waals surface area (Å²) in [6, 6.07) is 9.98. The van der Waals surface area contributed by atoms with E-state index in [4.69, 9.17) is 0 Å². The molecule has 0 amide bonds. The first-order valence-electron chi connectivity index (χ1n) is 5.15. The van der Waals surface area contributed by atoms with Crippen molar-refractivity contribution in [3.63, 3.8) is 0 Å². The van der Waals surface area contributed by atoms with Crippen molar-refractivity contribution in [2.75, 3.05) is 12.9 Å². The first kappa shape index (κ1) is 13.1. The van der Waals surface area contributed by atoms with Gasteiger partial charge < -0.3 is 9.84 Å². The minimum Gasteiger partial charge on any atom is -0.469 e. The molecule has 0 radical (unpaired) electrons. The van der Waals surface area contributed by atoms with E-state index in [0.717, 1.165) is 5.75 Å². The zero-order valence-corrected chi connectivity index (χ0v) is 10.1. The highest BCUT2D eigenvalue weighted by Crippen LogP contribution is 2.18. The minimum atomic E-state index is -0.608. The lowest BCUT2D eigenvalue weighted by atomic mass is 10.2. The first-order valence-corrected chi connectivity index (χ1v) is 6.13. The van der Waals surface area contributed by atoms with E-state index < -0.39 is 6.10 Å². The number of carbonyl (C=O) groups is 1. The monoisotopic (exact) mass is 240 g/mol. The molecular weight excluding hydrogens is 224 g/mol. The molecule has 1 unspecified atom stereocenters. The lowest BCUT2D eigenvalue weighted by Gasteiger charge is -2.08. The van der Waals surface area contributed by atoms with Crippen LogP contribution in [0.4, 0.5) is 0 Å². The van der Waals surface area contributed by atoms with Gasteiger partial charge in [0.15, 0.2) is 0 Å². The predicted octanol–water partition coefficient (Wildman–Crippen LogP) is 2.09. The molecular formula is C12H16O3S. The summed E-state index contributed by atoms with van der Waals surface area (Å²) in [5, 5.41) is 9.51. The van der Waals surface area contributed by atoms with E-state index in [-0.39, 0.29) is 12.4 Å². The molecule has 0 saturated heterocycles. The van der Waals surface area contributed by atoms with Crippen LogP contribution < -0.4 is 0 Å². The molecule has 0 heterocycles. The van der Waals surface area contributed by atoms with Crippen molar-refractivity contribution in [3.05, 3.63) is 30.3 Å². The number of aliphatic hydroxyl groups is 1. The number of rotatable bonds is 6. The maximum Gasteiger partial charge on any atom is 0.308 e. The van der Waals surface area contributed by atoms with Crippen LogP contribution in [0.3, 0.4) is 0 Å². The number of carbonyl (C=O) groups excluding carboxylic acids is 1. The molecule has 0 aromatic heterocycles. The third-order valence-electron chi connectivity index (χ3n) is 2.09. The van der Waals surface area contributed by atoms with Gasteiger partial charge in [-0.2, -0.15) is 0 Å². The van der Waals surface area contributed by atoms with Crippen molar-refractivity contribution in [1.82, 2.24) is 0 Å². The van der Waals surface area contributed by atoms with Crippen LogP contribution in [0.5, 0.6) is 0 Å². The molecule has 0 aliphatic rings. The Morgan fingerprint density at radius 3 is 2.75 bits per heavy atom. The molecule has 16 heavy (non-hydrogen) atoms. The quantitative estimate of drug-likeness (QED) is 0.611. The van der Waals surface area contributed by atoms with Crippen LogP contribution in [0, 0.1) is 0 Å². The maximum atomic E-state index is 10.9. The van der Waals surface area contributed by atoms with Gasteiger partial charge in [-0.3, -0.25) is 4.79 Å². The van der Waals surface area contributed by atoms with Crippen LogP contribution in [0.1, 0.15) is 12.8 Å². The SMILES string of the molecule is COC(=O)CC(O)CCSc1ccccc1. The van der Waals surface area contributed by atoms with E-state index in [1.165, 1.54) is 12.0 Å². The van der Waals surface area contributed by atoms with Crippen LogP contribution >= 0.6 is 11.8 Å². The minimum absolute atomic E-state index is 0.0752. The van der Waals surface area contributed by atoms with Gasteiger partial charge in [0.1, 0.15) is 0 Å². The molecule has 88 valence electrons. The van der Waals surface area contributed by atoms with Crippen LogP contribution in [0.2, 0.25) is 0 Å². The molecule has 0 bridgehead atoms. The predicted molar refractivity (Wildman–Crippen MR) is 64.4 cm³/mol. The highest BCUT2D eigenvalue weighted by Gasteiger charge is 2.10. The van der Waals surface area contributed by atoms with Crippen molar-refractivity contribution in [2.45, 2.75) is 23.8 Å². The second-order valence-corrected chi connectivity index (χ2v) is 4.55. The summed E-state index contributed by atoms with van der Waals surface area (Å²) < 4.78 is 4.48. The van der Waals surface area contributed by atoms with Crippen LogP contribution in [-0.4, -0.2) is 30.0 Å². The number of hydrogen-bond donors (Lipinski definition) is 1. The van der Waals surface area contributed by atoms with Gasteiger partial charge in [-0.05, 0) is 18.6 Å². The van der Waals surface area contributed by atoms with Gasteiger partial charge in [0.25, 0.3) is 0 Å². The number of benzene rings is 1. The number of aliphatic hydroxyl groups excluding tert-OH is 1. The second-order valence-electron chi connectivity index (χ2n) is 3.38. The average molecular weight is 240 g/mol. The van der Waals surface area contributed by atoms with Gasteiger partial charge in [-0.1, -0.05) is 18.2 Å². The zero-order valence-electron chi connectivity index (χ0n) is 9.26. The van der Waals surface area contributed by atoms with E-state index >= 15 is 0 Å². The van der Waals surface area contributed by atoms with Crippen molar-refractivity contribution < 1.29 is 14.6 Å². The van der Waals surface area contributed by atoms with E-state index in [1.54, 1.807) is 11.8 Å². The van der Waals surface area contributed by atoms with Gasteiger partial charge in [-0.25, -0.2) is 0 Å². The van der Waals surface area contributed by atoms with Crippen molar-refractivity contribution in [2.24, 2.45) is 0 Å². The molecule has 3 nitrogen and oxygen atoms in total. The van der Waals surface area contributed by atoms with Gasteiger partial charge >= 0.3 is 5.97 Å². The third-order valence-corrected chi connectivity index (χ3v) is 3.14. The third kappa shape index (κ3) is 5.19. The number of thioether (sulfide) groups is 1. The summed E-state index contributed by atoms with van der Waals surface area (Å²) in [5.74, 6) is 0.430. The Balaban J connectivity index is 2.18. The van der Waals surface area contributed by atoms with Crippen LogP contribution in [0.15, 0.2) is 35.2 Å². The standard InChI is InChI=1S/C12H16O3S/c1-15-12(14)9-10(13)7-8-16-11-5-3-2-4-6-11/h2-6,10,13H,7-9H2,1H3. The maximum absolute atomic E-state index is 10.9. The van der Waals surface area contributed by atoms with E-state index in [2.05, 4.69) is 4.74 Å².